The maximum atomic E-state index is 6.35. The van der Waals surface area contributed by atoms with Crippen LogP contribution in [-0.4, -0.2) is 4.98 Å². The molecule has 0 unspecified atom stereocenters. The van der Waals surface area contributed by atoms with Crippen molar-refractivity contribution >= 4 is 54.5 Å². The zero-order chi connectivity index (χ0) is 27.6. The monoisotopic (exact) mass is 535 g/mol. The molecule has 9 rings (SSSR count). The van der Waals surface area contributed by atoms with Gasteiger partial charge in [0.1, 0.15) is 11.2 Å². The van der Waals surface area contributed by atoms with Gasteiger partial charge in [0.05, 0.1) is 5.52 Å². The van der Waals surface area contributed by atoms with Gasteiger partial charge in [0.2, 0.25) is 0 Å². The topological polar surface area (TPSA) is 28.9 Å². The maximum Gasteiger partial charge on any atom is 0.143 e. The molecular weight excluding hydrogens is 510 g/mol. The predicted octanol–water partition coefficient (Wildman–Crippen LogP) is 11.4. The van der Waals surface area contributed by atoms with Gasteiger partial charge in [0.15, 0.2) is 0 Å². The highest BCUT2D eigenvalue weighted by Crippen LogP contribution is 2.39. The number of hydrogen-bond donors (Lipinski definition) is 1. The molecule has 0 saturated carbocycles. The average molecular weight is 536 g/mol. The quantitative estimate of drug-likeness (QED) is 0.239. The van der Waals surface area contributed by atoms with E-state index < -0.39 is 0 Å². The summed E-state index contributed by atoms with van der Waals surface area (Å²) < 4.78 is 6.35. The Balaban J connectivity index is 1.17. The Morgan fingerprint density at radius 1 is 0.405 bits per heavy atom. The molecule has 0 bridgehead atoms. The van der Waals surface area contributed by atoms with Crippen molar-refractivity contribution in [2.75, 3.05) is 0 Å². The summed E-state index contributed by atoms with van der Waals surface area (Å²) in [6, 6.07) is 52.1. The van der Waals surface area contributed by atoms with E-state index in [9.17, 15) is 0 Å². The summed E-state index contributed by atoms with van der Waals surface area (Å²) in [5, 5.41) is 7.32. The highest BCUT2D eigenvalue weighted by atomic mass is 16.3. The van der Waals surface area contributed by atoms with E-state index in [-0.39, 0.29) is 0 Å². The number of fused-ring (bicyclic) bond motifs is 7. The van der Waals surface area contributed by atoms with E-state index in [1.807, 2.05) is 12.1 Å². The summed E-state index contributed by atoms with van der Waals surface area (Å²) in [6.45, 7) is 0. The summed E-state index contributed by atoms with van der Waals surface area (Å²) in [6.07, 6.45) is 0. The first kappa shape index (κ1) is 23.1. The van der Waals surface area contributed by atoms with E-state index in [1.54, 1.807) is 0 Å². The SMILES string of the molecule is c1cc(-c2cccc(-c3cccc4c3oc3ccccc34)c2)cc(-c2cccc3c2[nH]c2cc4ccccc4cc23)c1. The molecule has 42 heavy (non-hydrogen) atoms. The third-order valence-electron chi connectivity index (χ3n) is 8.58. The van der Waals surface area contributed by atoms with E-state index >= 15 is 0 Å². The molecule has 1 N–H and O–H groups in total. The van der Waals surface area contributed by atoms with Crippen LogP contribution >= 0.6 is 0 Å². The molecule has 2 heterocycles. The van der Waals surface area contributed by atoms with Crippen LogP contribution in [0.25, 0.3) is 87.9 Å². The molecule has 0 radical (unpaired) electrons. The van der Waals surface area contributed by atoms with E-state index in [1.165, 1.54) is 54.8 Å². The molecule has 2 nitrogen and oxygen atoms in total. The van der Waals surface area contributed by atoms with Gasteiger partial charge < -0.3 is 9.40 Å². The van der Waals surface area contributed by atoms with Gasteiger partial charge in [-0.25, -0.2) is 0 Å². The fraction of sp³-hybridized carbons (Fsp3) is 0. The van der Waals surface area contributed by atoms with Gasteiger partial charge >= 0.3 is 0 Å². The zero-order valence-corrected chi connectivity index (χ0v) is 22.8. The van der Waals surface area contributed by atoms with Crippen LogP contribution in [0.4, 0.5) is 0 Å². The second-order valence-electron chi connectivity index (χ2n) is 11.0. The highest BCUT2D eigenvalue weighted by molar-refractivity contribution is 6.15. The van der Waals surface area contributed by atoms with Crippen LogP contribution in [0, 0.1) is 0 Å². The minimum atomic E-state index is 0.919. The summed E-state index contributed by atoms with van der Waals surface area (Å²) in [5.41, 5.74) is 11.2. The average Bonchev–Trinajstić information content (AvgIpc) is 3.62. The second kappa shape index (κ2) is 8.95. The third kappa shape index (κ3) is 3.52. The molecule has 0 aliphatic rings. The van der Waals surface area contributed by atoms with Gasteiger partial charge in [0.25, 0.3) is 0 Å². The number of aromatic nitrogens is 1. The number of furan rings is 1. The lowest BCUT2D eigenvalue weighted by Crippen LogP contribution is -1.85. The van der Waals surface area contributed by atoms with Crippen LogP contribution in [0.5, 0.6) is 0 Å². The van der Waals surface area contributed by atoms with Crippen molar-refractivity contribution in [1.82, 2.24) is 4.98 Å². The Labute approximate surface area is 242 Å². The van der Waals surface area contributed by atoms with Gasteiger partial charge in [-0.1, -0.05) is 115 Å². The van der Waals surface area contributed by atoms with Crippen molar-refractivity contribution < 1.29 is 4.42 Å². The zero-order valence-electron chi connectivity index (χ0n) is 22.8. The van der Waals surface area contributed by atoms with Crippen LogP contribution in [0.15, 0.2) is 150 Å². The third-order valence-corrected chi connectivity index (χ3v) is 8.58. The number of aromatic amines is 1. The second-order valence-corrected chi connectivity index (χ2v) is 11.0. The molecular formula is C40H25NO. The molecule has 2 heteroatoms. The molecule has 196 valence electrons. The Hall–Kier alpha value is -5.60. The van der Waals surface area contributed by atoms with E-state index in [4.69, 9.17) is 4.42 Å². The first-order valence-corrected chi connectivity index (χ1v) is 14.3. The lowest BCUT2D eigenvalue weighted by molar-refractivity contribution is 0.670. The van der Waals surface area contributed by atoms with Crippen LogP contribution in [0.2, 0.25) is 0 Å². The summed E-state index contributed by atoms with van der Waals surface area (Å²) >= 11 is 0. The van der Waals surface area contributed by atoms with Crippen LogP contribution in [0.3, 0.4) is 0 Å². The van der Waals surface area contributed by atoms with Crippen molar-refractivity contribution in [3.8, 4) is 33.4 Å². The largest absolute Gasteiger partial charge is 0.455 e. The molecule has 0 aliphatic heterocycles. The summed E-state index contributed by atoms with van der Waals surface area (Å²) in [5.74, 6) is 0. The molecule has 0 atom stereocenters. The van der Waals surface area contributed by atoms with Crippen molar-refractivity contribution in [3.63, 3.8) is 0 Å². The van der Waals surface area contributed by atoms with Crippen molar-refractivity contribution in [3.05, 3.63) is 146 Å². The van der Waals surface area contributed by atoms with Gasteiger partial charge in [-0.3, -0.25) is 0 Å². The number of hydrogen-bond acceptors (Lipinski definition) is 1. The number of rotatable bonds is 3. The van der Waals surface area contributed by atoms with Crippen molar-refractivity contribution in [2.45, 2.75) is 0 Å². The fourth-order valence-corrected chi connectivity index (χ4v) is 6.56. The summed E-state index contributed by atoms with van der Waals surface area (Å²) in [4.78, 5) is 3.74. The van der Waals surface area contributed by atoms with Crippen LogP contribution < -0.4 is 0 Å². The van der Waals surface area contributed by atoms with Crippen molar-refractivity contribution in [1.29, 1.82) is 0 Å². The van der Waals surface area contributed by atoms with E-state index in [0.29, 0.717) is 0 Å². The maximum absolute atomic E-state index is 6.35. The minimum Gasteiger partial charge on any atom is -0.455 e. The number of para-hydroxylation sites is 3. The standard InChI is InChI=1S/C40H25NO/c1-2-10-28-24-37-36(23-27(28)9-1)34-18-7-16-31(39(34)41-37)29-13-5-11-25(21-29)26-12-6-14-30(22-26)32-17-8-19-35-33-15-3-4-20-38(33)42-40(32)35/h1-24,41H. The van der Waals surface area contributed by atoms with Gasteiger partial charge in [0, 0.05) is 38.2 Å². The first-order chi connectivity index (χ1) is 20.8. The molecule has 0 amide bonds. The highest BCUT2D eigenvalue weighted by Gasteiger charge is 2.14. The first-order valence-electron chi connectivity index (χ1n) is 14.3. The van der Waals surface area contributed by atoms with Gasteiger partial charge in [-0.05, 0) is 63.4 Å². The number of H-pyrrole nitrogens is 1. The lowest BCUT2D eigenvalue weighted by atomic mass is 9.95. The van der Waals surface area contributed by atoms with Crippen molar-refractivity contribution in [2.24, 2.45) is 0 Å². The van der Waals surface area contributed by atoms with Gasteiger partial charge in [-0.2, -0.15) is 0 Å². The molecule has 0 saturated heterocycles. The normalized spacial score (nSPS) is 11.8. The minimum absolute atomic E-state index is 0.919. The number of nitrogens with one attached hydrogen (secondary N) is 1. The summed E-state index contributed by atoms with van der Waals surface area (Å²) in [7, 11) is 0. The fourth-order valence-electron chi connectivity index (χ4n) is 6.56. The Morgan fingerprint density at radius 2 is 1.00 bits per heavy atom. The van der Waals surface area contributed by atoms with E-state index in [0.717, 1.165) is 33.1 Å². The number of benzene rings is 7. The molecule has 9 aromatic rings. The molecule has 0 fully saturated rings. The Bertz CT molecular complexity index is 2470. The molecule has 7 aromatic carbocycles. The van der Waals surface area contributed by atoms with Crippen LogP contribution in [0.1, 0.15) is 0 Å². The van der Waals surface area contributed by atoms with E-state index in [2.05, 4.69) is 138 Å². The predicted molar refractivity (Wildman–Crippen MR) is 177 cm³/mol. The molecule has 0 aliphatic carbocycles. The lowest BCUT2D eigenvalue weighted by Gasteiger charge is -2.10. The van der Waals surface area contributed by atoms with Crippen LogP contribution in [-0.2, 0) is 0 Å². The molecule has 0 spiro atoms. The Morgan fingerprint density at radius 3 is 1.81 bits per heavy atom. The molecule has 2 aromatic heterocycles. The Kier molecular flexibility index (Phi) is 4.93. The smallest absolute Gasteiger partial charge is 0.143 e. The van der Waals surface area contributed by atoms with Gasteiger partial charge in [-0.15, -0.1) is 0 Å².